The molecule has 0 heterocycles. The van der Waals surface area contributed by atoms with Crippen LogP contribution in [0.1, 0.15) is 36.5 Å². The van der Waals surface area contributed by atoms with E-state index in [2.05, 4.69) is 5.32 Å². The molecule has 0 aromatic heterocycles. The average Bonchev–Trinajstić information content (AvgIpc) is 2.36. The van der Waals surface area contributed by atoms with E-state index in [0.29, 0.717) is 19.4 Å². The van der Waals surface area contributed by atoms with Crippen LogP contribution in [0.3, 0.4) is 0 Å². The van der Waals surface area contributed by atoms with Gasteiger partial charge in [0.1, 0.15) is 11.6 Å². The number of benzene rings is 1. The number of phenolic OH excluding ortho intramolecular Hbond substituents is 1. The second-order valence-corrected chi connectivity index (χ2v) is 4.75. The number of rotatable bonds is 7. The Labute approximate surface area is 116 Å². The molecule has 20 heavy (non-hydrogen) atoms. The second-order valence-electron chi connectivity index (χ2n) is 4.75. The van der Waals surface area contributed by atoms with E-state index < -0.39 is 17.7 Å². The topological polar surface area (TPSA) is 86.6 Å². The minimum Gasteiger partial charge on any atom is -0.508 e. The molecular weight excluding hydrogens is 265 g/mol. The average molecular weight is 283 g/mol. The van der Waals surface area contributed by atoms with E-state index in [4.69, 9.17) is 10.2 Å². The molecule has 1 amide bonds. The lowest BCUT2D eigenvalue weighted by atomic mass is 10.0. The number of carbonyl (C=O) groups excluding carboxylic acids is 1. The Balaban J connectivity index is 2.38. The molecule has 6 heteroatoms. The zero-order chi connectivity index (χ0) is 15.1. The van der Waals surface area contributed by atoms with Crippen LogP contribution in [0, 0.1) is 11.7 Å². The van der Waals surface area contributed by atoms with Crippen molar-refractivity contribution in [3.05, 3.63) is 29.6 Å². The first kappa shape index (κ1) is 15.9. The van der Waals surface area contributed by atoms with Crippen molar-refractivity contribution in [3.63, 3.8) is 0 Å². The fourth-order valence-corrected chi connectivity index (χ4v) is 1.73. The number of carboxylic acids is 1. The van der Waals surface area contributed by atoms with E-state index >= 15 is 0 Å². The number of carbonyl (C=O) groups is 2. The minimum absolute atomic E-state index is 0.0989. The molecule has 0 radical (unpaired) electrons. The summed E-state index contributed by atoms with van der Waals surface area (Å²) in [6, 6.07) is 3.34. The lowest BCUT2D eigenvalue weighted by Gasteiger charge is -2.11. The molecule has 0 fully saturated rings. The van der Waals surface area contributed by atoms with E-state index in [-0.39, 0.29) is 23.7 Å². The molecule has 1 aromatic carbocycles. The molecule has 0 aliphatic rings. The number of phenols is 1. The van der Waals surface area contributed by atoms with Crippen molar-refractivity contribution in [2.45, 2.75) is 26.2 Å². The number of carboxylic acid groups (broad SMARTS) is 1. The van der Waals surface area contributed by atoms with Gasteiger partial charge in [-0.1, -0.05) is 6.92 Å². The highest BCUT2D eigenvalue weighted by molar-refractivity contribution is 5.94. The number of hydrogen-bond donors (Lipinski definition) is 3. The maximum absolute atomic E-state index is 13.4. The Morgan fingerprint density at radius 3 is 2.65 bits per heavy atom. The van der Waals surface area contributed by atoms with Crippen molar-refractivity contribution < 1.29 is 24.2 Å². The van der Waals surface area contributed by atoms with Crippen molar-refractivity contribution in [2.24, 2.45) is 5.92 Å². The monoisotopic (exact) mass is 283 g/mol. The van der Waals surface area contributed by atoms with E-state index in [0.717, 1.165) is 6.07 Å². The molecule has 0 saturated heterocycles. The normalized spacial score (nSPS) is 11.9. The Hall–Kier alpha value is -2.11. The molecule has 110 valence electrons. The fraction of sp³-hybridized carbons (Fsp3) is 0.429. The molecule has 3 N–H and O–H groups in total. The molecule has 0 aliphatic heterocycles. The van der Waals surface area contributed by atoms with Gasteiger partial charge in [-0.25, -0.2) is 4.39 Å². The van der Waals surface area contributed by atoms with Gasteiger partial charge >= 0.3 is 5.97 Å². The Kier molecular flexibility index (Phi) is 5.96. The Morgan fingerprint density at radius 1 is 1.35 bits per heavy atom. The van der Waals surface area contributed by atoms with E-state index in [1.54, 1.807) is 0 Å². The number of amides is 1. The molecule has 1 unspecified atom stereocenters. The summed E-state index contributed by atoms with van der Waals surface area (Å²) in [5, 5.41) is 20.2. The van der Waals surface area contributed by atoms with Crippen molar-refractivity contribution >= 4 is 11.9 Å². The summed E-state index contributed by atoms with van der Waals surface area (Å²) in [6.07, 6.45) is 1.26. The molecule has 1 atom stereocenters. The van der Waals surface area contributed by atoms with Crippen LogP contribution in [0.15, 0.2) is 18.2 Å². The standard InChI is InChI=1S/C14H18FNO4/c1-9(2-5-13(18)19)6-7-16-14(20)11-4-3-10(17)8-12(11)15/h3-4,8-9,17H,2,5-7H2,1H3,(H,16,20)(H,18,19). The van der Waals surface area contributed by atoms with Crippen LogP contribution in [0.2, 0.25) is 0 Å². The van der Waals surface area contributed by atoms with Gasteiger partial charge in [0.05, 0.1) is 5.56 Å². The van der Waals surface area contributed by atoms with Crippen LogP contribution < -0.4 is 5.32 Å². The smallest absolute Gasteiger partial charge is 0.303 e. The highest BCUT2D eigenvalue weighted by Gasteiger charge is 2.12. The van der Waals surface area contributed by atoms with Gasteiger partial charge in [0.15, 0.2) is 0 Å². The molecule has 1 rings (SSSR count). The van der Waals surface area contributed by atoms with Crippen LogP contribution in [0.25, 0.3) is 0 Å². The third-order valence-corrected chi connectivity index (χ3v) is 2.97. The van der Waals surface area contributed by atoms with Crippen LogP contribution in [-0.2, 0) is 4.79 Å². The van der Waals surface area contributed by atoms with E-state index in [1.165, 1.54) is 12.1 Å². The van der Waals surface area contributed by atoms with Gasteiger partial charge in [0.25, 0.3) is 5.91 Å². The van der Waals surface area contributed by atoms with Gasteiger partial charge in [-0.3, -0.25) is 9.59 Å². The maximum Gasteiger partial charge on any atom is 0.303 e. The van der Waals surface area contributed by atoms with Gasteiger partial charge in [-0.2, -0.15) is 0 Å². The highest BCUT2D eigenvalue weighted by Crippen LogP contribution is 2.15. The molecule has 1 aromatic rings. The lowest BCUT2D eigenvalue weighted by Crippen LogP contribution is -2.26. The summed E-state index contributed by atoms with van der Waals surface area (Å²) in [6.45, 7) is 2.25. The Bertz CT molecular complexity index is 490. The second kappa shape index (κ2) is 7.47. The van der Waals surface area contributed by atoms with Gasteiger partial charge in [-0.15, -0.1) is 0 Å². The summed E-state index contributed by atoms with van der Waals surface area (Å²) < 4.78 is 13.4. The summed E-state index contributed by atoms with van der Waals surface area (Å²) in [5.74, 6) is -2.24. The predicted octanol–water partition coefficient (Wildman–Crippen LogP) is 2.15. The van der Waals surface area contributed by atoms with Gasteiger partial charge in [0, 0.05) is 19.0 Å². The predicted molar refractivity (Wildman–Crippen MR) is 71.0 cm³/mol. The van der Waals surface area contributed by atoms with Crippen LogP contribution in [0.5, 0.6) is 5.75 Å². The highest BCUT2D eigenvalue weighted by atomic mass is 19.1. The van der Waals surface area contributed by atoms with Crippen LogP contribution in [-0.4, -0.2) is 28.6 Å². The van der Waals surface area contributed by atoms with E-state index in [1.807, 2.05) is 6.92 Å². The van der Waals surface area contributed by atoms with Crippen molar-refractivity contribution in [2.75, 3.05) is 6.54 Å². The van der Waals surface area contributed by atoms with Crippen molar-refractivity contribution in [3.8, 4) is 5.75 Å². The molecule has 0 spiro atoms. The first-order chi connectivity index (χ1) is 9.40. The Morgan fingerprint density at radius 2 is 2.05 bits per heavy atom. The summed E-state index contributed by atoms with van der Waals surface area (Å²) >= 11 is 0. The zero-order valence-electron chi connectivity index (χ0n) is 11.2. The summed E-state index contributed by atoms with van der Waals surface area (Å²) in [5.41, 5.74) is -0.124. The molecule has 5 nitrogen and oxygen atoms in total. The van der Waals surface area contributed by atoms with Crippen LogP contribution >= 0.6 is 0 Å². The first-order valence-electron chi connectivity index (χ1n) is 6.38. The molecular formula is C14H18FNO4. The number of nitrogens with one attached hydrogen (secondary N) is 1. The number of halogens is 1. The molecule has 0 saturated carbocycles. The third-order valence-electron chi connectivity index (χ3n) is 2.97. The molecule has 0 aliphatic carbocycles. The fourth-order valence-electron chi connectivity index (χ4n) is 1.73. The molecule has 0 bridgehead atoms. The van der Waals surface area contributed by atoms with Gasteiger partial charge in [0.2, 0.25) is 0 Å². The van der Waals surface area contributed by atoms with Gasteiger partial charge < -0.3 is 15.5 Å². The van der Waals surface area contributed by atoms with E-state index in [9.17, 15) is 14.0 Å². The first-order valence-corrected chi connectivity index (χ1v) is 6.38. The number of aliphatic carboxylic acids is 1. The lowest BCUT2D eigenvalue weighted by molar-refractivity contribution is -0.137. The summed E-state index contributed by atoms with van der Waals surface area (Å²) in [4.78, 5) is 22.1. The van der Waals surface area contributed by atoms with Crippen molar-refractivity contribution in [1.82, 2.24) is 5.32 Å². The number of hydrogen-bond acceptors (Lipinski definition) is 3. The quantitative estimate of drug-likeness (QED) is 0.715. The largest absolute Gasteiger partial charge is 0.508 e. The number of aromatic hydroxyl groups is 1. The SMILES string of the molecule is CC(CCNC(=O)c1ccc(O)cc1F)CCC(=O)O. The van der Waals surface area contributed by atoms with Crippen LogP contribution in [0.4, 0.5) is 4.39 Å². The van der Waals surface area contributed by atoms with Gasteiger partial charge in [-0.05, 0) is 30.9 Å². The van der Waals surface area contributed by atoms with Crippen molar-refractivity contribution in [1.29, 1.82) is 0 Å². The summed E-state index contributed by atoms with van der Waals surface area (Å²) in [7, 11) is 0. The third kappa shape index (κ3) is 5.26. The maximum atomic E-state index is 13.4. The minimum atomic E-state index is -0.841. The zero-order valence-corrected chi connectivity index (χ0v) is 11.2.